The number of ether oxygens (including phenoxy) is 4. The van der Waals surface area contributed by atoms with Crippen LogP contribution in [0.2, 0.25) is 0 Å². The first-order valence-electron chi connectivity index (χ1n) is 17.0. The van der Waals surface area contributed by atoms with Gasteiger partial charge in [0.15, 0.2) is 11.5 Å². The Hall–Kier alpha value is -5.52. The van der Waals surface area contributed by atoms with E-state index >= 15 is 0 Å². The molecule has 1 aliphatic rings. The Balaban J connectivity index is 1.55. The summed E-state index contributed by atoms with van der Waals surface area (Å²) in [6, 6.07) is 12.2. The molecule has 270 valence electrons. The SMILES string of the molecule is COC(=O)[C@@H](Cc1c[nH]c2ccccc12)NC(=O)[C@@H](CC(C)C)Nc1ccc2c(cc1=O)[C@H](NC(C)=O)CCc1cc(OC)c(OC)c(OC)c1-2. The van der Waals surface area contributed by atoms with Crippen molar-refractivity contribution in [2.75, 3.05) is 33.8 Å². The standard InChI is InChI=1S/C39H46N4O8/c1-21(2)16-31(38(46)43-32(39(47)51-7)17-24-20-40-28-11-9-8-10-25(24)28)42-30-15-13-26-27(19-33(30)45)29(41-22(3)44)14-12-23-18-34(48-4)36(49-5)37(50-6)35(23)26/h8-11,13,15,18-21,29,31-32,40H,12,14,16-17H2,1-7H3,(H,41,44)(H,42,45)(H,43,46)/t29-,31-,32-/m1/s1. The minimum Gasteiger partial charge on any atom is -0.493 e. The number of benzene rings is 2. The Bertz CT molecular complexity index is 1990. The van der Waals surface area contributed by atoms with Crippen molar-refractivity contribution < 1.29 is 33.3 Å². The Labute approximate surface area is 297 Å². The molecule has 1 heterocycles. The van der Waals surface area contributed by atoms with Crippen LogP contribution in [0.25, 0.3) is 22.0 Å². The van der Waals surface area contributed by atoms with E-state index in [9.17, 15) is 19.2 Å². The van der Waals surface area contributed by atoms with Gasteiger partial charge < -0.3 is 39.9 Å². The number of fused-ring (bicyclic) bond motifs is 4. The predicted octanol–water partition coefficient (Wildman–Crippen LogP) is 5.07. The van der Waals surface area contributed by atoms with Crippen LogP contribution in [0.15, 0.2) is 59.5 Å². The van der Waals surface area contributed by atoms with Gasteiger partial charge in [0.05, 0.1) is 40.2 Å². The van der Waals surface area contributed by atoms with Crippen molar-refractivity contribution in [2.24, 2.45) is 5.92 Å². The summed E-state index contributed by atoms with van der Waals surface area (Å²) in [7, 11) is 5.90. The molecule has 12 nitrogen and oxygen atoms in total. The van der Waals surface area contributed by atoms with E-state index in [0.29, 0.717) is 53.2 Å². The Kier molecular flexibility index (Phi) is 11.5. The number of para-hydroxylation sites is 1. The van der Waals surface area contributed by atoms with Crippen LogP contribution in [-0.2, 0) is 32.0 Å². The van der Waals surface area contributed by atoms with E-state index in [1.54, 1.807) is 19.2 Å². The summed E-state index contributed by atoms with van der Waals surface area (Å²) in [5.74, 6) is 0.120. The normalized spacial score (nSPS) is 14.7. The predicted molar refractivity (Wildman–Crippen MR) is 195 cm³/mol. The fourth-order valence-electron chi connectivity index (χ4n) is 6.85. The number of rotatable bonds is 13. The average molecular weight is 699 g/mol. The van der Waals surface area contributed by atoms with Crippen molar-refractivity contribution in [1.29, 1.82) is 0 Å². The zero-order valence-corrected chi connectivity index (χ0v) is 30.1. The second-order valence-electron chi connectivity index (χ2n) is 13.1. The van der Waals surface area contributed by atoms with Crippen LogP contribution in [0.3, 0.4) is 0 Å². The van der Waals surface area contributed by atoms with Crippen LogP contribution in [0.4, 0.5) is 5.69 Å². The number of carbonyl (C=O) groups excluding carboxylic acids is 3. The lowest BCUT2D eigenvalue weighted by Crippen LogP contribution is -2.49. The number of H-pyrrole nitrogens is 1. The van der Waals surface area contributed by atoms with E-state index in [-0.39, 0.29) is 29.4 Å². The molecule has 0 unspecified atom stereocenters. The van der Waals surface area contributed by atoms with Crippen LogP contribution in [0.5, 0.6) is 17.2 Å². The minimum absolute atomic E-state index is 0.0606. The van der Waals surface area contributed by atoms with Crippen molar-refractivity contribution >= 4 is 34.4 Å². The van der Waals surface area contributed by atoms with Crippen LogP contribution in [0, 0.1) is 5.92 Å². The number of nitrogens with one attached hydrogen (secondary N) is 4. The number of hydrogen-bond acceptors (Lipinski definition) is 9. The van der Waals surface area contributed by atoms with Gasteiger partial charge in [-0.15, -0.1) is 0 Å². The summed E-state index contributed by atoms with van der Waals surface area (Å²) in [5, 5.41) is 10.0. The fourth-order valence-corrected chi connectivity index (χ4v) is 6.85. The third-order valence-corrected chi connectivity index (χ3v) is 9.17. The van der Waals surface area contributed by atoms with Crippen molar-refractivity contribution in [1.82, 2.24) is 15.6 Å². The molecular formula is C39H46N4O8. The van der Waals surface area contributed by atoms with E-state index in [4.69, 9.17) is 18.9 Å². The number of amides is 2. The topological polar surface area (TPSA) is 157 Å². The van der Waals surface area contributed by atoms with Crippen molar-refractivity contribution in [2.45, 2.75) is 64.6 Å². The second-order valence-corrected chi connectivity index (χ2v) is 13.1. The molecule has 51 heavy (non-hydrogen) atoms. The molecule has 0 fully saturated rings. The van der Waals surface area contributed by atoms with Gasteiger partial charge in [-0.1, -0.05) is 38.1 Å². The number of esters is 1. The third kappa shape index (κ3) is 7.95. The highest BCUT2D eigenvalue weighted by Gasteiger charge is 2.31. The molecule has 0 aliphatic heterocycles. The summed E-state index contributed by atoms with van der Waals surface area (Å²) in [4.78, 5) is 56.5. The lowest BCUT2D eigenvalue weighted by atomic mass is 9.95. The second kappa shape index (κ2) is 16.0. The summed E-state index contributed by atoms with van der Waals surface area (Å²) < 4.78 is 22.3. The molecule has 3 atom stereocenters. The first-order valence-corrected chi connectivity index (χ1v) is 17.0. The van der Waals surface area contributed by atoms with Crippen LogP contribution >= 0.6 is 0 Å². The lowest BCUT2D eigenvalue weighted by Gasteiger charge is -2.24. The number of hydrogen-bond donors (Lipinski definition) is 4. The van der Waals surface area contributed by atoms with Crippen molar-refractivity contribution in [3.05, 3.63) is 81.6 Å². The number of methoxy groups -OCH3 is 4. The Morgan fingerprint density at radius 3 is 2.35 bits per heavy atom. The van der Waals surface area contributed by atoms with E-state index in [1.165, 1.54) is 34.3 Å². The molecule has 1 aliphatic carbocycles. The number of carbonyl (C=O) groups is 3. The minimum atomic E-state index is -0.970. The fraction of sp³-hybridized carbons (Fsp3) is 0.385. The molecule has 4 N–H and O–H groups in total. The van der Waals surface area contributed by atoms with E-state index < -0.39 is 30.0 Å². The maximum Gasteiger partial charge on any atom is 0.328 e. The van der Waals surface area contributed by atoms with Gasteiger partial charge in [0.25, 0.3) is 0 Å². The highest BCUT2D eigenvalue weighted by atomic mass is 16.5. The van der Waals surface area contributed by atoms with E-state index in [1.807, 2.05) is 50.4 Å². The Morgan fingerprint density at radius 2 is 1.69 bits per heavy atom. The highest BCUT2D eigenvalue weighted by Crippen LogP contribution is 2.50. The molecule has 5 rings (SSSR count). The molecule has 4 aromatic rings. The maximum atomic E-state index is 14.0. The number of aromatic amines is 1. The quantitative estimate of drug-likeness (QED) is 0.140. The van der Waals surface area contributed by atoms with Gasteiger partial charge in [-0.05, 0) is 71.7 Å². The van der Waals surface area contributed by atoms with Gasteiger partial charge in [-0.3, -0.25) is 14.4 Å². The van der Waals surface area contributed by atoms with Crippen LogP contribution < -0.4 is 35.6 Å². The molecule has 0 spiro atoms. The van der Waals surface area contributed by atoms with Gasteiger partial charge in [0.1, 0.15) is 12.1 Å². The van der Waals surface area contributed by atoms with Gasteiger partial charge in [0, 0.05) is 36.0 Å². The molecule has 0 bridgehead atoms. The maximum absolute atomic E-state index is 14.0. The molecule has 2 amide bonds. The number of anilines is 1. The molecule has 3 aromatic carbocycles. The number of aryl methyl sites for hydroxylation is 1. The third-order valence-electron chi connectivity index (χ3n) is 9.17. The first kappa shape index (κ1) is 36.8. The summed E-state index contributed by atoms with van der Waals surface area (Å²) in [6.07, 6.45) is 3.46. The molecule has 1 aromatic heterocycles. The summed E-state index contributed by atoms with van der Waals surface area (Å²) in [6.45, 7) is 5.38. The zero-order chi connectivity index (χ0) is 36.8. The lowest BCUT2D eigenvalue weighted by molar-refractivity contribution is -0.145. The smallest absolute Gasteiger partial charge is 0.328 e. The van der Waals surface area contributed by atoms with Gasteiger partial charge in [0.2, 0.25) is 23.0 Å². The van der Waals surface area contributed by atoms with Crippen molar-refractivity contribution in [3.63, 3.8) is 0 Å². The van der Waals surface area contributed by atoms with Gasteiger partial charge >= 0.3 is 5.97 Å². The molecule has 12 heteroatoms. The van der Waals surface area contributed by atoms with Crippen molar-refractivity contribution in [3.8, 4) is 28.4 Å². The molecule has 0 saturated carbocycles. The average Bonchev–Trinajstić information content (AvgIpc) is 3.37. The largest absolute Gasteiger partial charge is 0.493 e. The molecular weight excluding hydrogens is 652 g/mol. The molecule has 0 radical (unpaired) electrons. The highest BCUT2D eigenvalue weighted by molar-refractivity contribution is 5.91. The van der Waals surface area contributed by atoms with E-state index in [2.05, 4.69) is 20.9 Å². The zero-order valence-electron chi connectivity index (χ0n) is 30.1. The van der Waals surface area contributed by atoms with Crippen LogP contribution in [-0.4, -0.2) is 63.3 Å². The summed E-state index contributed by atoms with van der Waals surface area (Å²) in [5.41, 5.74) is 4.45. The van der Waals surface area contributed by atoms with Gasteiger partial charge in [-0.2, -0.15) is 0 Å². The monoisotopic (exact) mass is 698 g/mol. The first-order chi connectivity index (χ1) is 24.5. The Morgan fingerprint density at radius 1 is 0.941 bits per heavy atom. The van der Waals surface area contributed by atoms with Crippen LogP contribution in [0.1, 0.15) is 56.3 Å². The summed E-state index contributed by atoms with van der Waals surface area (Å²) >= 11 is 0. The molecule has 0 saturated heterocycles. The number of aromatic nitrogens is 1. The van der Waals surface area contributed by atoms with E-state index in [0.717, 1.165) is 22.0 Å². The van der Waals surface area contributed by atoms with Gasteiger partial charge in [-0.25, -0.2) is 4.79 Å².